The highest BCUT2D eigenvalue weighted by molar-refractivity contribution is 6.30. The molecule has 126 valence electrons. The number of methoxy groups -OCH3 is 1. The van der Waals surface area contributed by atoms with E-state index in [1.54, 1.807) is 18.2 Å². The number of carbonyl (C=O) groups is 2. The summed E-state index contributed by atoms with van der Waals surface area (Å²) in [6.07, 6.45) is 0.311. The van der Waals surface area contributed by atoms with Crippen molar-refractivity contribution in [3.8, 4) is 0 Å². The molecule has 0 saturated carbocycles. The largest absolute Gasteiger partial charge is 0.467 e. The van der Waals surface area contributed by atoms with Gasteiger partial charge in [0.2, 0.25) is 5.91 Å². The number of hydrogen-bond donors (Lipinski definition) is 1. The molecule has 2 aromatic carbocycles. The Hall–Kier alpha value is -2.40. The summed E-state index contributed by atoms with van der Waals surface area (Å²) < 4.78 is 17.6. The molecular weight excluding hydrogens is 333 g/mol. The average molecular weight is 350 g/mol. The lowest BCUT2D eigenvalue weighted by atomic mass is 10.1. The van der Waals surface area contributed by atoms with Crippen LogP contribution in [0.1, 0.15) is 11.1 Å². The summed E-state index contributed by atoms with van der Waals surface area (Å²) in [7, 11) is 1.26. The zero-order valence-corrected chi connectivity index (χ0v) is 13.8. The maximum absolute atomic E-state index is 12.9. The van der Waals surface area contributed by atoms with Gasteiger partial charge in [-0.2, -0.15) is 0 Å². The molecule has 0 fully saturated rings. The van der Waals surface area contributed by atoms with Crippen LogP contribution in [0.4, 0.5) is 4.39 Å². The minimum Gasteiger partial charge on any atom is -0.467 e. The second-order valence-corrected chi connectivity index (χ2v) is 5.72. The Balaban J connectivity index is 2.03. The molecule has 2 rings (SSSR count). The summed E-state index contributed by atoms with van der Waals surface area (Å²) in [4.78, 5) is 24.1. The number of rotatable bonds is 6. The maximum atomic E-state index is 12.9. The molecule has 1 atom stereocenters. The van der Waals surface area contributed by atoms with Crippen LogP contribution >= 0.6 is 11.6 Å². The van der Waals surface area contributed by atoms with Gasteiger partial charge < -0.3 is 10.1 Å². The fraction of sp³-hybridized carbons (Fsp3) is 0.222. The van der Waals surface area contributed by atoms with Gasteiger partial charge in [0.1, 0.15) is 11.9 Å². The van der Waals surface area contributed by atoms with Crippen LogP contribution in [0.2, 0.25) is 5.02 Å². The Kier molecular flexibility index (Phi) is 6.32. The molecule has 4 nitrogen and oxygen atoms in total. The van der Waals surface area contributed by atoms with Crippen molar-refractivity contribution in [3.05, 3.63) is 70.5 Å². The van der Waals surface area contributed by atoms with Gasteiger partial charge in [0, 0.05) is 11.4 Å². The van der Waals surface area contributed by atoms with Crippen LogP contribution in [0.5, 0.6) is 0 Å². The highest BCUT2D eigenvalue weighted by Crippen LogP contribution is 2.13. The van der Waals surface area contributed by atoms with Crippen LogP contribution < -0.4 is 5.32 Å². The molecule has 0 unspecified atom stereocenters. The van der Waals surface area contributed by atoms with Crippen LogP contribution in [0.3, 0.4) is 0 Å². The molecule has 0 bridgehead atoms. The predicted molar refractivity (Wildman–Crippen MR) is 89.2 cm³/mol. The van der Waals surface area contributed by atoms with Crippen molar-refractivity contribution in [2.75, 3.05) is 7.11 Å². The quantitative estimate of drug-likeness (QED) is 0.816. The number of esters is 1. The Labute approximate surface area is 144 Å². The first-order valence-electron chi connectivity index (χ1n) is 7.34. The monoisotopic (exact) mass is 349 g/mol. The van der Waals surface area contributed by atoms with Crippen molar-refractivity contribution in [3.63, 3.8) is 0 Å². The van der Waals surface area contributed by atoms with Gasteiger partial charge in [-0.05, 0) is 35.4 Å². The number of hydrogen-bond acceptors (Lipinski definition) is 3. The van der Waals surface area contributed by atoms with Crippen molar-refractivity contribution in [1.82, 2.24) is 5.32 Å². The van der Waals surface area contributed by atoms with Crippen LogP contribution in [0.15, 0.2) is 48.5 Å². The van der Waals surface area contributed by atoms with Crippen LogP contribution in [0.25, 0.3) is 0 Å². The predicted octanol–water partition coefficient (Wildman–Crippen LogP) is 2.92. The minimum absolute atomic E-state index is 0.0450. The first-order valence-corrected chi connectivity index (χ1v) is 7.72. The fourth-order valence-corrected chi connectivity index (χ4v) is 2.48. The van der Waals surface area contributed by atoms with Gasteiger partial charge in [-0.25, -0.2) is 9.18 Å². The number of halogens is 2. The lowest BCUT2D eigenvalue weighted by molar-refractivity contribution is -0.145. The molecule has 0 aliphatic carbocycles. The molecule has 0 radical (unpaired) electrons. The van der Waals surface area contributed by atoms with Gasteiger partial charge in [0.25, 0.3) is 0 Å². The zero-order valence-electron chi connectivity index (χ0n) is 13.1. The molecule has 0 saturated heterocycles. The second-order valence-electron chi connectivity index (χ2n) is 5.28. The molecule has 2 aromatic rings. The molecule has 0 spiro atoms. The van der Waals surface area contributed by atoms with Gasteiger partial charge in [0.15, 0.2) is 0 Å². The second kappa shape index (κ2) is 8.45. The number of carbonyl (C=O) groups excluding carboxylic acids is 2. The van der Waals surface area contributed by atoms with E-state index in [1.165, 1.54) is 31.4 Å². The van der Waals surface area contributed by atoms with Crippen molar-refractivity contribution >= 4 is 23.5 Å². The van der Waals surface area contributed by atoms with Gasteiger partial charge in [-0.1, -0.05) is 35.9 Å². The number of benzene rings is 2. The molecule has 0 heterocycles. The van der Waals surface area contributed by atoms with E-state index in [-0.39, 0.29) is 24.6 Å². The number of nitrogens with one attached hydrogen (secondary N) is 1. The summed E-state index contributed by atoms with van der Waals surface area (Å²) in [5.74, 6) is -1.26. The number of ether oxygens (including phenoxy) is 1. The van der Waals surface area contributed by atoms with E-state index in [9.17, 15) is 14.0 Å². The molecule has 1 N–H and O–H groups in total. The molecule has 24 heavy (non-hydrogen) atoms. The third kappa shape index (κ3) is 5.35. The van der Waals surface area contributed by atoms with Crippen molar-refractivity contribution < 1.29 is 18.7 Å². The SMILES string of the molecule is COC(=O)[C@@H](Cc1cccc(Cl)c1)NC(=O)Cc1ccc(F)cc1. The van der Waals surface area contributed by atoms with Crippen LogP contribution in [0, 0.1) is 5.82 Å². The molecule has 0 aromatic heterocycles. The van der Waals surface area contributed by atoms with E-state index in [0.29, 0.717) is 10.6 Å². The third-order valence-corrected chi connectivity index (χ3v) is 3.66. The maximum Gasteiger partial charge on any atom is 0.328 e. The summed E-state index contributed by atoms with van der Waals surface area (Å²) in [6, 6.07) is 11.8. The summed E-state index contributed by atoms with van der Waals surface area (Å²) in [5.41, 5.74) is 1.46. The van der Waals surface area contributed by atoms with Crippen molar-refractivity contribution in [1.29, 1.82) is 0 Å². The standard InChI is InChI=1S/C18H17ClFNO3/c1-24-18(23)16(10-13-3-2-4-14(19)9-13)21-17(22)11-12-5-7-15(20)8-6-12/h2-9,16H,10-11H2,1H3,(H,21,22)/t16-/m1/s1. The van der Waals surface area contributed by atoms with E-state index < -0.39 is 12.0 Å². The zero-order chi connectivity index (χ0) is 17.5. The summed E-state index contributed by atoms with van der Waals surface area (Å²) in [5, 5.41) is 3.20. The lowest BCUT2D eigenvalue weighted by Crippen LogP contribution is -2.43. The number of amides is 1. The van der Waals surface area contributed by atoms with Crippen molar-refractivity contribution in [2.24, 2.45) is 0 Å². The normalized spacial score (nSPS) is 11.6. The molecule has 0 aliphatic heterocycles. The smallest absolute Gasteiger partial charge is 0.328 e. The lowest BCUT2D eigenvalue weighted by Gasteiger charge is -2.17. The van der Waals surface area contributed by atoms with E-state index in [0.717, 1.165) is 5.56 Å². The van der Waals surface area contributed by atoms with E-state index in [2.05, 4.69) is 5.32 Å². The Bertz CT molecular complexity index is 718. The van der Waals surface area contributed by atoms with Crippen LogP contribution in [-0.4, -0.2) is 25.0 Å². The molecule has 6 heteroatoms. The third-order valence-electron chi connectivity index (χ3n) is 3.43. The molecular formula is C18H17ClFNO3. The average Bonchev–Trinajstić information content (AvgIpc) is 2.55. The Morgan fingerprint density at radius 2 is 1.88 bits per heavy atom. The van der Waals surface area contributed by atoms with Gasteiger partial charge in [-0.15, -0.1) is 0 Å². The Morgan fingerprint density at radius 1 is 1.17 bits per heavy atom. The first-order chi connectivity index (χ1) is 11.5. The summed E-state index contributed by atoms with van der Waals surface area (Å²) in [6.45, 7) is 0. The topological polar surface area (TPSA) is 55.4 Å². The molecule has 0 aliphatic rings. The van der Waals surface area contributed by atoms with Gasteiger partial charge in [0.05, 0.1) is 13.5 Å². The van der Waals surface area contributed by atoms with E-state index in [4.69, 9.17) is 16.3 Å². The van der Waals surface area contributed by atoms with Crippen molar-refractivity contribution in [2.45, 2.75) is 18.9 Å². The van der Waals surface area contributed by atoms with E-state index in [1.807, 2.05) is 6.07 Å². The highest BCUT2D eigenvalue weighted by Gasteiger charge is 2.22. The van der Waals surface area contributed by atoms with Crippen LogP contribution in [-0.2, 0) is 27.2 Å². The highest BCUT2D eigenvalue weighted by atomic mass is 35.5. The molecule has 1 amide bonds. The van der Waals surface area contributed by atoms with Gasteiger partial charge >= 0.3 is 5.97 Å². The minimum atomic E-state index is -0.818. The fourth-order valence-electron chi connectivity index (χ4n) is 2.27. The first kappa shape index (κ1) is 17.9. The van der Waals surface area contributed by atoms with E-state index >= 15 is 0 Å². The Morgan fingerprint density at radius 3 is 2.50 bits per heavy atom. The van der Waals surface area contributed by atoms with Gasteiger partial charge in [-0.3, -0.25) is 4.79 Å². The summed E-state index contributed by atoms with van der Waals surface area (Å²) >= 11 is 5.93.